The lowest BCUT2D eigenvalue weighted by atomic mass is 9.94. The van der Waals surface area contributed by atoms with Crippen LogP contribution in [0, 0.1) is 19.8 Å². The van der Waals surface area contributed by atoms with Crippen LogP contribution in [-0.4, -0.2) is 37.6 Å². The summed E-state index contributed by atoms with van der Waals surface area (Å²) >= 11 is 0. The van der Waals surface area contributed by atoms with E-state index in [1.807, 2.05) is 19.9 Å². The van der Waals surface area contributed by atoms with Gasteiger partial charge >= 0.3 is 5.97 Å². The van der Waals surface area contributed by atoms with Crippen LogP contribution in [-0.2, 0) is 4.79 Å². The Kier molecular flexibility index (Phi) is 4.51. The zero-order valence-corrected chi connectivity index (χ0v) is 14.0. The quantitative estimate of drug-likeness (QED) is 0.840. The topological polar surface area (TPSA) is 96.6 Å². The van der Waals surface area contributed by atoms with Crippen LogP contribution in [0.15, 0.2) is 12.3 Å². The third-order valence-corrected chi connectivity index (χ3v) is 4.74. The van der Waals surface area contributed by atoms with Crippen molar-refractivity contribution >= 4 is 17.5 Å². The molecule has 0 unspecified atom stereocenters. The summed E-state index contributed by atoms with van der Waals surface area (Å²) in [5, 5.41) is 16.7. The molecule has 0 spiro atoms. The average molecular weight is 330 g/mol. The lowest BCUT2D eigenvalue weighted by molar-refractivity contribution is -0.142. The number of amides is 1. The summed E-state index contributed by atoms with van der Waals surface area (Å²) in [6, 6.07) is 1.51. The van der Waals surface area contributed by atoms with Gasteiger partial charge in [0.05, 0.1) is 22.9 Å². The second kappa shape index (κ2) is 6.59. The maximum absolute atomic E-state index is 12.7. The number of hydrogen-bond acceptors (Lipinski definition) is 4. The van der Waals surface area contributed by atoms with Gasteiger partial charge in [0.2, 0.25) is 0 Å². The monoisotopic (exact) mass is 330 g/mol. The Labute approximate surface area is 140 Å². The zero-order valence-electron chi connectivity index (χ0n) is 14.0. The van der Waals surface area contributed by atoms with E-state index in [2.05, 4.69) is 15.4 Å². The number of carbonyl (C=O) groups excluding carboxylic acids is 1. The van der Waals surface area contributed by atoms with Crippen LogP contribution in [0.25, 0.3) is 5.65 Å². The highest BCUT2D eigenvalue weighted by molar-refractivity contribution is 5.95. The zero-order chi connectivity index (χ0) is 17.3. The fraction of sp³-hybridized carbons (Fsp3) is 0.529. The smallest absolute Gasteiger partial charge is 0.308 e. The summed E-state index contributed by atoms with van der Waals surface area (Å²) in [5.41, 5.74) is 2.65. The first-order valence-electron chi connectivity index (χ1n) is 8.33. The molecule has 0 aromatic carbocycles. The third kappa shape index (κ3) is 3.11. The van der Waals surface area contributed by atoms with Crippen molar-refractivity contribution in [2.24, 2.45) is 5.92 Å². The predicted molar refractivity (Wildman–Crippen MR) is 87.9 cm³/mol. The van der Waals surface area contributed by atoms with Gasteiger partial charge in [-0.3, -0.25) is 9.59 Å². The molecule has 2 N–H and O–H groups in total. The van der Waals surface area contributed by atoms with Crippen molar-refractivity contribution in [3.8, 4) is 0 Å². The summed E-state index contributed by atoms with van der Waals surface area (Å²) in [6.45, 7) is 3.69. The SMILES string of the molecule is Cc1cc2ncc(C(=O)N[C@H]3CCCCC[C@H]3C(=O)O)c(C)n2n1. The van der Waals surface area contributed by atoms with Gasteiger partial charge in [-0.15, -0.1) is 0 Å². The van der Waals surface area contributed by atoms with Gasteiger partial charge in [0.1, 0.15) is 0 Å². The molecule has 2 aromatic rings. The second-order valence-electron chi connectivity index (χ2n) is 6.48. The van der Waals surface area contributed by atoms with Crippen molar-refractivity contribution in [1.82, 2.24) is 19.9 Å². The molecule has 0 aliphatic heterocycles. The Bertz CT molecular complexity index is 783. The molecule has 128 valence electrons. The van der Waals surface area contributed by atoms with E-state index in [0.29, 0.717) is 29.7 Å². The van der Waals surface area contributed by atoms with Gasteiger partial charge in [-0.1, -0.05) is 19.3 Å². The van der Waals surface area contributed by atoms with Crippen molar-refractivity contribution < 1.29 is 14.7 Å². The van der Waals surface area contributed by atoms with Gasteiger partial charge < -0.3 is 10.4 Å². The number of carboxylic acids is 1. The molecule has 1 saturated carbocycles. The summed E-state index contributed by atoms with van der Waals surface area (Å²) in [5.74, 6) is -1.65. The Balaban J connectivity index is 1.85. The minimum atomic E-state index is -0.838. The maximum atomic E-state index is 12.7. The van der Waals surface area contributed by atoms with Crippen LogP contribution in [0.3, 0.4) is 0 Å². The van der Waals surface area contributed by atoms with E-state index >= 15 is 0 Å². The largest absolute Gasteiger partial charge is 0.481 e. The van der Waals surface area contributed by atoms with E-state index in [4.69, 9.17) is 0 Å². The molecule has 7 heteroatoms. The van der Waals surface area contributed by atoms with Crippen molar-refractivity contribution in [1.29, 1.82) is 0 Å². The maximum Gasteiger partial charge on any atom is 0.308 e. The number of carbonyl (C=O) groups is 2. The van der Waals surface area contributed by atoms with Crippen LogP contribution in [0.4, 0.5) is 0 Å². The summed E-state index contributed by atoms with van der Waals surface area (Å²) < 4.78 is 1.64. The van der Waals surface area contributed by atoms with Crippen molar-refractivity contribution in [2.75, 3.05) is 0 Å². The number of hydrogen-bond donors (Lipinski definition) is 2. The van der Waals surface area contributed by atoms with Crippen LogP contribution in [0.1, 0.15) is 53.8 Å². The van der Waals surface area contributed by atoms with Gasteiger partial charge in [0, 0.05) is 18.3 Å². The first kappa shape index (κ1) is 16.4. The summed E-state index contributed by atoms with van der Waals surface area (Å²) in [7, 11) is 0. The van der Waals surface area contributed by atoms with Crippen LogP contribution in [0.5, 0.6) is 0 Å². The van der Waals surface area contributed by atoms with Gasteiger partial charge in [-0.2, -0.15) is 5.10 Å². The Morgan fingerprint density at radius 3 is 2.75 bits per heavy atom. The number of aryl methyl sites for hydroxylation is 2. The Hall–Kier alpha value is -2.44. The van der Waals surface area contributed by atoms with E-state index in [9.17, 15) is 14.7 Å². The summed E-state index contributed by atoms with van der Waals surface area (Å²) in [6.07, 6.45) is 5.67. The molecule has 2 atom stereocenters. The fourth-order valence-electron chi connectivity index (χ4n) is 3.41. The molecular weight excluding hydrogens is 308 g/mol. The lowest BCUT2D eigenvalue weighted by Crippen LogP contribution is -2.43. The molecule has 2 aromatic heterocycles. The number of rotatable bonds is 3. The molecule has 3 rings (SSSR count). The lowest BCUT2D eigenvalue weighted by Gasteiger charge is -2.23. The summed E-state index contributed by atoms with van der Waals surface area (Å²) in [4.78, 5) is 28.5. The van der Waals surface area contributed by atoms with Crippen LogP contribution >= 0.6 is 0 Å². The van der Waals surface area contributed by atoms with Gasteiger partial charge in [-0.05, 0) is 26.7 Å². The molecule has 0 radical (unpaired) electrons. The first-order chi connectivity index (χ1) is 11.5. The number of carboxylic acid groups (broad SMARTS) is 1. The van der Waals surface area contributed by atoms with E-state index in [1.54, 1.807) is 4.52 Å². The second-order valence-corrected chi connectivity index (χ2v) is 6.48. The average Bonchev–Trinajstić information content (AvgIpc) is 2.76. The fourth-order valence-corrected chi connectivity index (χ4v) is 3.41. The van der Waals surface area contributed by atoms with Gasteiger partial charge in [0.15, 0.2) is 5.65 Å². The minimum Gasteiger partial charge on any atom is -0.481 e. The molecular formula is C17H22N4O3. The molecule has 0 bridgehead atoms. The highest BCUT2D eigenvalue weighted by Gasteiger charge is 2.31. The molecule has 1 fully saturated rings. The molecule has 0 saturated heterocycles. The van der Waals surface area contributed by atoms with Crippen molar-refractivity contribution in [3.05, 3.63) is 29.2 Å². The number of nitrogens with zero attached hydrogens (tertiary/aromatic N) is 3. The van der Waals surface area contributed by atoms with E-state index in [-0.39, 0.29) is 11.9 Å². The number of aliphatic carboxylic acids is 1. The number of nitrogens with one attached hydrogen (secondary N) is 1. The van der Waals surface area contributed by atoms with Crippen molar-refractivity contribution in [2.45, 2.75) is 52.0 Å². The minimum absolute atomic E-state index is 0.284. The molecule has 24 heavy (non-hydrogen) atoms. The Morgan fingerprint density at radius 1 is 1.25 bits per heavy atom. The Morgan fingerprint density at radius 2 is 2.00 bits per heavy atom. The highest BCUT2D eigenvalue weighted by atomic mass is 16.4. The predicted octanol–water partition coefficient (Wildman–Crippen LogP) is 2.11. The van der Waals surface area contributed by atoms with E-state index in [1.165, 1.54) is 6.20 Å². The highest BCUT2D eigenvalue weighted by Crippen LogP contribution is 2.24. The standard InChI is InChI=1S/C17H22N4O3/c1-10-8-15-18-9-13(11(2)21(15)20-10)16(22)19-14-7-5-3-4-6-12(14)17(23)24/h8-9,12,14H,3-7H2,1-2H3,(H,19,22)(H,23,24)/t12-,14+/m1/s1. The third-order valence-electron chi connectivity index (χ3n) is 4.74. The molecule has 1 amide bonds. The first-order valence-corrected chi connectivity index (χ1v) is 8.33. The van der Waals surface area contributed by atoms with Crippen molar-refractivity contribution in [3.63, 3.8) is 0 Å². The number of fused-ring (bicyclic) bond motifs is 1. The van der Waals surface area contributed by atoms with Crippen LogP contribution in [0.2, 0.25) is 0 Å². The molecule has 7 nitrogen and oxygen atoms in total. The van der Waals surface area contributed by atoms with E-state index in [0.717, 1.165) is 25.0 Å². The van der Waals surface area contributed by atoms with Gasteiger partial charge in [-0.25, -0.2) is 9.50 Å². The molecule has 2 heterocycles. The molecule has 1 aliphatic carbocycles. The van der Waals surface area contributed by atoms with Crippen LogP contribution < -0.4 is 5.32 Å². The normalized spacial score (nSPS) is 21.4. The van der Waals surface area contributed by atoms with Gasteiger partial charge in [0.25, 0.3) is 5.91 Å². The number of aromatic nitrogens is 3. The molecule has 1 aliphatic rings. The van der Waals surface area contributed by atoms with E-state index < -0.39 is 11.9 Å².